The van der Waals surface area contributed by atoms with Crippen molar-refractivity contribution in [3.63, 3.8) is 0 Å². The predicted molar refractivity (Wildman–Crippen MR) is 106 cm³/mol. The minimum absolute atomic E-state index is 0.235. The van der Waals surface area contributed by atoms with Gasteiger partial charge in [-0.2, -0.15) is 0 Å². The van der Waals surface area contributed by atoms with Crippen molar-refractivity contribution in [3.05, 3.63) is 30.7 Å². The van der Waals surface area contributed by atoms with Gasteiger partial charge in [-0.15, -0.1) is 0 Å². The van der Waals surface area contributed by atoms with Crippen LogP contribution in [0.5, 0.6) is 17.2 Å². The number of aliphatic hydroxyl groups excluding tert-OH is 1. The fourth-order valence-electron chi connectivity index (χ4n) is 3.68. The zero-order chi connectivity index (χ0) is 19.7. The average molecular weight is 384 g/mol. The number of hydrogen-bond donors (Lipinski definition) is 1. The molecule has 0 unspecified atom stereocenters. The van der Waals surface area contributed by atoms with E-state index in [9.17, 15) is 5.11 Å². The number of fused-ring (bicyclic) bond motifs is 1. The molecule has 0 amide bonds. The Bertz CT molecular complexity index is 954. The fourth-order valence-corrected chi connectivity index (χ4v) is 3.68. The Hall–Kier alpha value is -3.00. The van der Waals surface area contributed by atoms with E-state index in [1.54, 1.807) is 27.5 Å². The van der Waals surface area contributed by atoms with Crippen molar-refractivity contribution in [2.45, 2.75) is 18.9 Å². The van der Waals surface area contributed by atoms with E-state index in [-0.39, 0.29) is 6.10 Å². The summed E-state index contributed by atoms with van der Waals surface area (Å²) < 4.78 is 18.5. The van der Waals surface area contributed by atoms with Crippen molar-refractivity contribution in [2.75, 3.05) is 39.3 Å². The standard InChI is InChI=1S/C20H24N4O4/c1-26-16-8-13(9-17(27-2)20(16)28-3)15-10-22-18-11-21-12-19(24(15)18)23-6-4-14(25)5-7-23/h8-12,14,25H,4-7H2,1-3H3. The van der Waals surface area contributed by atoms with E-state index >= 15 is 0 Å². The number of nitrogens with zero attached hydrogens (tertiary/aromatic N) is 4. The Morgan fingerprint density at radius 3 is 2.25 bits per heavy atom. The molecule has 1 N–H and O–H groups in total. The maximum atomic E-state index is 9.84. The average Bonchev–Trinajstić information content (AvgIpc) is 3.17. The molecule has 4 rings (SSSR count). The van der Waals surface area contributed by atoms with Crippen LogP contribution in [0.25, 0.3) is 16.9 Å². The Balaban J connectivity index is 1.86. The molecule has 1 fully saturated rings. The van der Waals surface area contributed by atoms with E-state index in [0.29, 0.717) is 17.2 Å². The zero-order valence-electron chi connectivity index (χ0n) is 16.3. The molecular weight excluding hydrogens is 360 g/mol. The van der Waals surface area contributed by atoms with Crippen LogP contribution in [0.3, 0.4) is 0 Å². The number of imidazole rings is 1. The second-order valence-electron chi connectivity index (χ2n) is 6.73. The van der Waals surface area contributed by atoms with Gasteiger partial charge in [0.15, 0.2) is 17.1 Å². The van der Waals surface area contributed by atoms with Crippen molar-refractivity contribution < 1.29 is 19.3 Å². The van der Waals surface area contributed by atoms with Crippen molar-refractivity contribution in [2.24, 2.45) is 0 Å². The highest BCUT2D eigenvalue weighted by Gasteiger charge is 2.22. The van der Waals surface area contributed by atoms with E-state index in [1.165, 1.54) is 0 Å². The third kappa shape index (κ3) is 3.09. The Kier molecular flexibility index (Phi) is 4.95. The van der Waals surface area contributed by atoms with Crippen LogP contribution in [0.1, 0.15) is 12.8 Å². The van der Waals surface area contributed by atoms with Crippen LogP contribution >= 0.6 is 0 Å². The number of anilines is 1. The van der Waals surface area contributed by atoms with Crippen LogP contribution in [0.4, 0.5) is 5.82 Å². The molecule has 1 saturated heterocycles. The van der Waals surface area contributed by atoms with Gasteiger partial charge < -0.3 is 24.2 Å². The second-order valence-corrected chi connectivity index (χ2v) is 6.73. The van der Waals surface area contributed by atoms with E-state index in [4.69, 9.17) is 14.2 Å². The van der Waals surface area contributed by atoms with Gasteiger partial charge in [0.05, 0.1) is 51.7 Å². The summed E-state index contributed by atoms with van der Waals surface area (Å²) in [5.74, 6) is 2.67. The van der Waals surface area contributed by atoms with Crippen LogP contribution in [0, 0.1) is 0 Å². The van der Waals surface area contributed by atoms with Gasteiger partial charge in [0.1, 0.15) is 5.82 Å². The first-order chi connectivity index (χ1) is 13.7. The first-order valence-electron chi connectivity index (χ1n) is 9.21. The topological polar surface area (TPSA) is 81.4 Å². The quantitative estimate of drug-likeness (QED) is 0.723. The molecule has 8 nitrogen and oxygen atoms in total. The lowest BCUT2D eigenvalue weighted by Crippen LogP contribution is -2.36. The molecule has 0 bridgehead atoms. The number of aliphatic hydroxyl groups is 1. The van der Waals surface area contributed by atoms with Gasteiger partial charge in [-0.25, -0.2) is 4.98 Å². The summed E-state index contributed by atoms with van der Waals surface area (Å²) in [5, 5.41) is 9.84. The zero-order valence-corrected chi connectivity index (χ0v) is 16.3. The Labute approximate surface area is 163 Å². The maximum absolute atomic E-state index is 9.84. The first kappa shape index (κ1) is 18.4. The van der Waals surface area contributed by atoms with Crippen LogP contribution in [0.2, 0.25) is 0 Å². The molecule has 148 valence electrons. The molecule has 1 aliphatic heterocycles. The number of methoxy groups -OCH3 is 3. The highest BCUT2D eigenvalue weighted by Crippen LogP contribution is 2.41. The smallest absolute Gasteiger partial charge is 0.203 e. The highest BCUT2D eigenvalue weighted by atomic mass is 16.5. The summed E-state index contributed by atoms with van der Waals surface area (Å²) in [7, 11) is 4.79. The molecule has 0 radical (unpaired) electrons. The van der Waals surface area contributed by atoms with Gasteiger partial charge in [0.2, 0.25) is 5.75 Å². The highest BCUT2D eigenvalue weighted by molar-refractivity contribution is 5.72. The molecular formula is C20H24N4O4. The summed E-state index contributed by atoms with van der Waals surface area (Å²) in [5.41, 5.74) is 2.55. The monoisotopic (exact) mass is 384 g/mol. The third-order valence-electron chi connectivity index (χ3n) is 5.15. The van der Waals surface area contributed by atoms with Crippen molar-refractivity contribution in [1.82, 2.24) is 14.4 Å². The van der Waals surface area contributed by atoms with Gasteiger partial charge in [-0.1, -0.05) is 0 Å². The van der Waals surface area contributed by atoms with Crippen molar-refractivity contribution >= 4 is 11.5 Å². The van der Waals surface area contributed by atoms with Gasteiger partial charge in [-0.3, -0.25) is 9.38 Å². The number of benzene rings is 1. The third-order valence-corrected chi connectivity index (χ3v) is 5.15. The lowest BCUT2D eigenvalue weighted by molar-refractivity contribution is 0.145. The molecule has 8 heteroatoms. The summed E-state index contributed by atoms with van der Waals surface area (Å²) >= 11 is 0. The minimum Gasteiger partial charge on any atom is -0.493 e. The summed E-state index contributed by atoms with van der Waals surface area (Å²) in [4.78, 5) is 11.1. The molecule has 28 heavy (non-hydrogen) atoms. The van der Waals surface area contributed by atoms with Crippen LogP contribution < -0.4 is 19.1 Å². The van der Waals surface area contributed by atoms with Gasteiger partial charge in [0, 0.05) is 18.7 Å². The second kappa shape index (κ2) is 7.55. The molecule has 0 atom stereocenters. The van der Waals surface area contributed by atoms with E-state index in [1.807, 2.05) is 24.5 Å². The lowest BCUT2D eigenvalue weighted by Gasteiger charge is -2.31. The van der Waals surface area contributed by atoms with Gasteiger partial charge in [0.25, 0.3) is 0 Å². The molecule has 0 aliphatic carbocycles. The summed E-state index contributed by atoms with van der Waals surface area (Å²) in [6.07, 6.45) is 6.65. The first-order valence-corrected chi connectivity index (χ1v) is 9.21. The van der Waals surface area contributed by atoms with E-state index < -0.39 is 0 Å². The van der Waals surface area contributed by atoms with Crippen molar-refractivity contribution in [1.29, 1.82) is 0 Å². The molecule has 1 aromatic carbocycles. The molecule has 2 aromatic heterocycles. The van der Waals surface area contributed by atoms with Gasteiger partial charge in [-0.05, 0) is 25.0 Å². The number of aromatic nitrogens is 3. The van der Waals surface area contributed by atoms with Crippen LogP contribution in [-0.4, -0.2) is 60.0 Å². The summed E-state index contributed by atoms with van der Waals surface area (Å²) in [6, 6.07) is 3.82. The van der Waals surface area contributed by atoms with Crippen LogP contribution in [0.15, 0.2) is 30.7 Å². The maximum Gasteiger partial charge on any atom is 0.203 e. The van der Waals surface area contributed by atoms with Crippen molar-refractivity contribution in [3.8, 4) is 28.5 Å². The Morgan fingerprint density at radius 2 is 1.64 bits per heavy atom. The molecule has 1 aliphatic rings. The minimum atomic E-state index is -0.235. The molecule has 3 aromatic rings. The van der Waals surface area contributed by atoms with E-state index in [2.05, 4.69) is 19.3 Å². The predicted octanol–water partition coefficient (Wildman–Crippen LogP) is 2.38. The number of piperidine rings is 1. The normalized spacial score (nSPS) is 15.1. The summed E-state index contributed by atoms with van der Waals surface area (Å²) in [6.45, 7) is 1.55. The largest absolute Gasteiger partial charge is 0.493 e. The lowest BCUT2D eigenvalue weighted by atomic mass is 10.1. The number of hydrogen-bond acceptors (Lipinski definition) is 7. The Morgan fingerprint density at radius 1 is 0.964 bits per heavy atom. The molecule has 0 saturated carbocycles. The number of ether oxygens (including phenoxy) is 3. The SMILES string of the molecule is COc1cc(-c2cnc3cncc(N4CCC(O)CC4)n23)cc(OC)c1OC. The number of rotatable bonds is 5. The van der Waals surface area contributed by atoms with Gasteiger partial charge >= 0.3 is 0 Å². The molecule has 3 heterocycles. The molecule has 0 spiro atoms. The van der Waals surface area contributed by atoms with E-state index in [0.717, 1.165) is 48.7 Å². The van der Waals surface area contributed by atoms with Crippen LogP contribution in [-0.2, 0) is 0 Å². The fraction of sp³-hybridized carbons (Fsp3) is 0.400.